The van der Waals surface area contributed by atoms with E-state index in [1.807, 2.05) is 24.3 Å². The molecule has 0 aliphatic heterocycles. The van der Waals surface area contributed by atoms with Crippen molar-refractivity contribution in [2.75, 3.05) is 13.2 Å². The van der Waals surface area contributed by atoms with Gasteiger partial charge in [0.25, 0.3) is 0 Å². The lowest BCUT2D eigenvalue weighted by molar-refractivity contribution is -0.138. The van der Waals surface area contributed by atoms with Gasteiger partial charge in [-0.3, -0.25) is 4.79 Å². The van der Waals surface area contributed by atoms with Gasteiger partial charge >= 0.3 is 5.97 Å². The number of hydrogen-bond donors (Lipinski definition) is 7. The summed E-state index contributed by atoms with van der Waals surface area (Å²) in [5, 5.41) is 61.0. The predicted octanol–water partition coefficient (Wildman–Crippen LogP) is -0.512. The van der Waals surface area contributed by atoms with Crippen LogP contribution in [-0.2, 0) is 11.2 Å². The normalized spacial score (nSPS) is 16.7. The van der Waals surface area contributed by atoms with Crippen LogP contribution in [0.2, 0.25) is 0 Å². The summed E-state index contributed by atoms with van der Waals surface area (Å²) < 4.78 is 0. The standard InChI is InChI=1S/C13H18O2.C6H14O6/c1-9(2)8-11-4-6-12(7-5-11)10(3)13(14)15;7-1-3(9)5(11)6(12)4(10)2-8/h4-7,9-10H,8H2,1-3H3,(H,14,15);3-12H,1-2H2/t;3-,4-,5-,6-/m.1/s1. The van der Waals surface area contributed by atoms with Gasteiger partial charge in [-0.05, 0) is 30.4 Å². The molecule has 0 saturated carbocycles. The minimum atomic E-state index is -1.67. The van der Waals surface area contributed by atoms with Crippen LogP contribution in [0.4, 0.5) is 0 Å². The average molecular weight is 388 g/mol. The molecule has 5 atom stereocenters. The minimum Gasteiger partial charge on any atom is -0.481 e. The van der Waals surface area contributed by atoms with Crippen LogP contribution in [-0.4, -0.2) is 79.3 Å². The topological polar surface area (TPSA) is 159 Å². The van der Waals surface area contributed by atoms with E-state index in [0.717, 1.165) is 12.0 Å². The minimum absolute atomic E-state index is 0.418. The second kappa shape index (κ2) is 12.8. The molecule has 8 heteroatoms. The van der Waals surface area contributed by atoms with E-state index in [2.05, 4.69) is 13.8 Å². The summed E-state index contributed by atoms with van der Waals surface area (Å²) in [6.45, 7) is 4.61. The van der Waals surface area contributed by atoms with Crippen molar-refractivity contribution in [2.45, 2.75) is 57.5 Å². The molecule has 1 rings (SSSR count). The molecule has 1 aromatic rings. The van der Waals surface area contributed by atoms with E-state index in [-0.39, 0.29) is 0 Å². The highest BCUT2D eigenvalue weighted by Gasteiger charge is 2.29. The monoisotopic (exact) mass is 388 g/mol. The number of carboxylic acid groups (broad SMARTS) is 1. The largest absolute Gasteiger partial charge is 0.481 e. The lowest BCUT2D eigenvalue weighted by Gasteiger charge is -2.24. The summed E-state index contributed by atoms with van der Waals surface area (Å²) in [7, 11) is 0. The van der Waals surface area contributed by atoms with Gasteiger partial charge in [-0.15, -0.1) is 0 Å². The average Bonchev–Trinajstić information content (AvgIpc) is 2.65. The van der Waals surface area contributed by atoms with Gasteiger partial charge in [-0.2, -0.15) is 0 Å². The third-order valence-electron chi connectivity index (χ3n) is 4.01. The molecular formula is C19H32O8. The van der Waals surface area contributed by atoms with E-state index in [1.165, 1.54) is 5.56 Å². The molecule has 0 heterocycles. The first-order chi connectivity index (χ1) is 12.5. The van der Waals surface area contributed by atoms with Crippen LogP contribution >= 0.6 is 0 Å². The van der Waals surface area contributed by atoms with Gasteiger partial charge in [0.2, 0.25) is 0 Å². The highest BCUT2D eigenvalue weighted by Crippen LogP contribution is 2.17. The summed E-state index contributed by atoms with van der Waals surface area (Å²) in [5.41, 5.74) is 2.14. The Hall–Kier alpha value is -1.55. The summed E-state index contributed by atoms with van der Waals surface area (Å²) in [6, 6.07) is 7.87. The van der Waals surface area contributed by atoms with Gasteiger partial charge in [0, 0.05) is 0 Å². The quantitative estimate of drug-likeness (QED) is 0.298. The van der Waals surface area contributed by atoms with Crippen molar-refractivity contribution in [3.05, 3.63) is 35.4 Å². The van der Waals surface area contributed by atoms with Crippen molar-refractivity contribution in [1.82, 2.24) is 0 Å². The summed E-state index contributed by atoms with van der Waals surface area (Å²) >= 11 is 0. The molecule has 27 heavy (non-hydrogen) atoms. The summed E-state index contributed by atoms with van der Waals surface area (Å²) in [5.74, 6) is -0.558. The number of carboxylic acids is 1. The second-order valence-corrected chi connectivity index (χ2v) is 6.88. The first-order valence-corrected chi connectivity index (χ1v) is 8.80. The van der Waals surface area contributed by atoms with Crippen LogP contribution in [0, 0.1) is 5.92 Å². The molecule has 0 bridgehead atoms. The highest BCUT2D eigenvalue weighted by atomic mass is 16.4. The van der Waals surface area contributed by atoms with Gasteiger partial charge in [-0.1, -0.05) is 38.1 Å². The van der Waals surface area contributed by atoms with Gasteiger partial charge in [0.1, 0.15) is 24.4 Å². The fourth-order valence-corrected chi connectivity index (χ4v) is 2.23. The lowest BCUT2D eigenvalue weighted by atomic mass is 9.97. The predicted molar refractivity (Wildman–Crippen MR) is 99.2 cm³/mol. The molecule has 1 aromatic carbocycles. The molecule has 0 amide bonds. The Balaban J connectivity index is 0.000000516. The number of carbonyl (C=O) groups is 1. The van der Waals surface area contributed by atoms with Crippen molar-refractivity contribution < 1.29 is 40.5 Å². The first kappa shape index (κ1) is 25.4. The van der Waals surface area contributed by atoms with Gasteiger partial charge < -0.3 is 35.7 Å². The zero-order valence-corrected chi connectivity index (χ0v) is 15.9. The number of rotatable bonds is 9. The zero-order chi connectivity index (χ0) is 21.1. The molecule has 8 nitrogen and oxygen atoms in total. The number of hydrogen-bond acceptors (Lipinski definition) is 7. The molecule has 0 aliphatic carbocycles. The molecule has 0 radical (unpaired) electrons. The summed E-state index contributed by atoms with van der Waals surface area (Å²) in [6.07, 6.45) is -5.35. The van der Waals surface area contributed by atoms with E-state index in [9.17, 15) is 4.79 Å². The van der Waals surface area contributed by atoms with Crippen LogP contribution < -0.4 is 0 Å². The van der Waals surface area contributed by atoms with Gasteiger partial charge in [0.15, 0.2) is 0 Å². The lowest BCUT2D eigenvalue weighted by Crippen LogP contribution is -2.46. The van der Waals surface area contributed by atoms with E-state index < -0.39 is 49.5 Å². The Morgan fingerprint density at radius 2 is 1.26 bits per heavy atom. The van der Waals surface area contributed by atoms with Crippen LogP contribution in [0.25, 0.3) is 0 Å². The van der Waals surface area contributed by atoms with Crippen molar-refractivity contribution in [2.24, 2.45) is 5.92 Å². The van der Waals surface area contributed by atoms with Gasteiger partial charge in [-0.25, -0.2) is 0 Å². The Bertz CT molecular complexity index is 517. The van der Waals surface area contributed by atoms with Crippen LogP contribution in [0.15, 0.2) is 24.3 Å². The van der Waals surface area contributed by atoms with Crippen molar-refractivity contribution >= 4 is 5.97 Å². The Kier molecular flexibility index (Phi) is 12.0. The van der Waals surface area contributed by atoms with E-state index in [1.54, 1.807) is 6.92 Å². The fourth-order valence-electron chi connectivity index (χ4n) is 2.23. The molecule has 1 unspecified atom stereocenters. The maximum Gasteiger partial charge on any atom is 0.310 e. The molecule has 0 fully saturated rings. The van der Waals surface area contributed by atoms with Crippen LogP contribution in [0.3, 0.4) is 0 Å². The molecule has 0 saturated heterocycles. The van der Waals surface area contributed by atoms with Crippen molar-refractivity contribution in [3.63, 3.8) is 0 Å². The smallest absolute Gasteiger partial charge is 0.310 e. The van der Waals surface area contributed by atoms with E-state index in [0.29, 0.717) is 5.92 Å². The summed E-state index contributed by atoms with van der Waals surface area (Å²) in [4.78, 5) is 10.8. The van der Waals surface area contributed by atoms with Crippen LogP contribution in [0.5, 0.6) is 0 Å². The third-order valence-corrected chi connectivity index (χ3v) is 4.01. The zero-order valence-electron chi connectivity index (χ0n) is 15.9. The molecule has 0 spiro atoms. The molecule has 0 aromatic heterocycles. The number of benzene rings is 1. The molecule has 0 aliphatic rings. The van der Waals surface area contributed by atoms with E-state index >= 15 is 0 Å². The molecular weight excluding hydrogens is 356 g/mol. The van der Waals surface area contributed by atoms with Crippen LogP contribution in [0.1, 0.15) is 37.8 Å². The third kappa shape index (κ3) is 9.28. The Morgan fingerprint density at radius 1 is 0.852 bits per heavy atom. The van der Waals surface area contributed by atoms with Crippen molar-refractivity contribution in [1.29, 1.82) is 0 Å². The molecule has 156 valence electrons. The maximum absolute atomic E-state index is 10.8. The maximum atomic E-state index is 10.8. The first-order valence-electron chi connectivity index (χ1n) is 8.80. The second-order valence-electron chi connectivity index (χ2n) is 6.88. The SMILES string of the molecule is CC(C)Cc1ccc(C(C)C(=O)O)cc1.OC[C@@H](O)[C@@H](O)[C@H](O)[C@H](O)CO. The van der Waals surface area contributed by atoms with Gasteiger partial charge in [0.05, 0.1) is 19.1 Å². The number of aliphatic hydroxyl groups excluding tert-OH is 6. The fraction of sp³-hybridized carbons (Fsp3) is 0.632. The molecule has 7 N–H and O–H groups in total. The highest BCUT2D eigenvalue weighted by molar-refractivity contribution is 5.75. The number of aliphatic hydroxyl groups is 6. The van der Waals surface area contributed by atoms with Crippen molar-refractivity contribution in [3.8, 4) is 0 Å². The Morgan fingerprint density at radius 3 is 1.56 bits per heavy atom. The number of aliphatic carboxylic acids is 1. The Labute approximate surface area is 159 Å². The van der Waals surface area contributed by atoms with E-state index in [4.69, 9.17) is 35.7 Å².